The molecule has 0 radical (unpaired) electrons. The highest BCUT2D eigenvalue weighted by molar-refractivity contribution is 5.87. The number of hydrogen-bond donors (Lipinski definition) is 0. The van der Waals surface area contributed by atoms with Crippen molar-refractivity contribution in [2.75, 3.05) is 18.0 Å². The van der Waals surface area contributed by atoms with Crippen LogP contribution in [0.3, 0.4) is 0 Å². The molecule has 3 aromatic rings. The van der Waals surface area contributed by atoms with Crippen LogP contribution in [0.2, 0.25) is 0 Å². The average molecular weight is 321 g/mol. The lowest BCUT2D eigenvalue weighted by Crippen LogP contribution is -2.33. The van der Waals surface area contributed by atoms with Gasteiger partial charge in [-0.3, -0.25) is 0 Å². The maximum atomic E-state index is 4.63. The Bertz CT molecular complexity index is 875. The number of anilines is 1. The first kappa shape index (κ1) is 15.1. The van der Waals surface area contributed by atoms with E-state index in [0.29, 0.717) is 0 Å². The predicted molar refractivity (Wildman–Crippen MR) is 96.7 cm³/mol. The standard InChI is InChI=1S/C19H23N5/c1-13-6-8-23(9-7-13)18-16-11-22-24(19(16)21-12-20-18)17-10-14(2)4-5-15(17)3/h4-5,10-13H,6-9H2,1-3H3. The SMILES string of the molecule is Cc1ccc(C)c(-n2ncc3c(N4CCC(C)CC4)ncnc32)c1. The molecule has 0 unspecified atom stereocenters. The Morgan fingerprint density at radius 3 is 2.67 bits per heavy atom. The maximum Gasteiger partial charge on any atom is 0.168 e. The zero-order valence-corrected chi connectivity index (χ0v) is 14.5. The Kier molecular flexibility index (Phi) is 3.71. The molecule has 1 saturated heterocycles. The van der Waals surface area contributed by atoms with Crippen LogP contribution < -0.4 is 4.90 Å². The van der Waals surface area contributed by atoms with Gasteiger partial charge in [-0.05, 0) is 49.8 Å². The summed E-state index contributed by atoms with van der Waals surface area (Å²) < 4.78 is 1.94. The van der Waals surface area contributed by atoms with Crippen LogP contribution in [0.4, 0.5) is 5.82 Å². The molecule has 0 saturated carbocycles. The second kappa shape index (κ2) is 5.89. The average Bonchev–Trinajstić information content (AvgIpc) is 3.02. The molecule has 124 valence electrons. The fraction of sp³-hybridized carbons (Fsp3) is 0.421. The Morgan fingerprint density at radius 2 is 1.88 bits per heavy atom. The lowest BCUT2D eigenvalue weighted by Gasteiger charge is -2.31. The van der Waals surface area contributed by atoms with Gasteiger partial charge in [-0.15, -0.1) is 0 Å². The van der Waals surface area contributed by atoms with Crippen molar-refractivity contribution in [3.63, 3.8) is 0 Å². The molecule has 5 heteroatoms. The molecular weight excluding hydrogens is 298 g/mol. The normalized spacial score (nSPS) is 16.0. The smallest absolute Gasteiger partial charge is 0.168 e. The summed E-state index contributed by atoms with van der Waals surface area (Å²) in [5, 5.41) is 5.66. The second-order valence-electron chi connectivity index (χ2n) is 6.95. The van der Waals surface area contributed by atoms with E-state index < -0.39 is 0 Å². The summed E-state index contributed by atoms with van der Waals surface area (Å²) in [6.45, 7) is 8.65. The molecule has 1 aromatic carbocycles. The first-order chi connectivity index (χ1) is 11.6. The molecule has 3 heterocycles. The van der Waals surface area contributed by atoms with Crippen LogP contribution in [0.1, 0.15) is 30.9 Å². The van der Waals surface area contributed by atoms with Crippen molar-refractivity contribution in [3.8, 4) is 5.69 Å². The van der Waals surface area contributed by atoms with E-state index in [1.165, 1.54) is 24.0 Å². The summed E-state index contributed by atoms with van der Waals surface area (Å²) in [5.41, 5.74) is 4.38. The van der Waals surface area contributed by atoms with E-state index in [4.69, 9.17) is 0 Å². The largest absolute Gasteiger partial charge is 0.356 e. The quantitative estimate of drug-likeness (QED) is 0.722. The van der Waals surface area contributed by atoms with Crippen LogP contribution in [0.15, 0.2) is 30.7 Å². The highest BCUT2D eigenvalue weighted by atomic mass is 15.3. The van der Waals surface area contributed by atoms with Gasteiger partial charge in [0.2, 0.25) is 0 Å². The van der Waals surface area contributed by atoms with Gasteiger partial charge in [0.05, 0.1) is 17.3 Å². The number of rotatable bonds is 2. The van der Waals surface area contributed by atoms with Crippen LogP contribution in [0.5, 0.6) is 0 Å². The number of fused-ring (bicyclic) bond motifs is 1. The van der Waals surface area contributed by atoms with Gasteiger partial charge >= 0.3 is 0 Å². The lowest BCUT2D eigenvalue weighted by molar-refractivity contribution is 0.437. The molecule has 2 aromatic heterocycles. The third kappa shape index (κ3) is 2.54. The third-order valence-corrected chi connectivity index (χ3v) is 5.02. The summed E-state index contributed by atoms with van der Waals surface area (Å²) in [5.74, 6) is 1.82. The van der Waals surface area contributed by atoms with E-state index in [-0.39, 0.29) is 0 Å². The fourth-order valence-corrected chi connectivity index (χ4v) is 3.43. The van der Waals surface area contributed by atoms with Crippen molar-refractivity contribution in [1.29, 1.82) is 0 Å². The van der Waals surface area contributed by atoms with E-state index in [1.807, 2.05) is 10.9 Å². The van der Waals surface area contributed by atoms with E-state index in [2.05, 4.69) is 58.9 Å². The van der Waals surface area contributed by atoms with E-state index >= 15 is 0 Å². The summed E-state index contributed by atoms with van der Waals surface area (Å²) >= 11 is 0. The van der Waals surface area contributed by atoms with Gasteiger partial charge in [0.1, 0.15) is 12.1 Å². The second-order valence-corrected chi connectivity index (χ2v) is 6.95. The molecule has 0 aliphatic carbocycles. The monoisotopic (exact) mass is 321 g/mol. The fourth-order valence-electron chi connectivity index (χ4n) is 3.43. The van der Waals surface area contributed by atoms with Crippen LogP contribution in [-0.2, 0) is 0 Å². The minimum Gasteiger partial charge on any atom is -0.356 e. The summed E-state index contributed by atoms with van der Waals surface area (Å²) in [6.07, 6.45) is 6.01. The van der Waals surface area contributed by atoms with Crippen molar-refractivity contribution in [1.82, 2.24) is 19.7 Å². The van der Waals surface area contributed by atoms with Gasteiger partial charge < -0.3 is 4.90 Å². The number of aryl methyl sites for hydroxylation is 2. The first-order valence-corrected chi connectivity index (χ1v) is 8.65. The van der Waals surface area contributed by atoms with E-state index in [9.17, 15) is 0 Å². The van der Waals surface area contributed by atoms with Crippen LogP contribution in [-0.4, -0.2) is 32.8 Å². The van der Waals surface area contributed by atoms with Gasteiger partial charge in [-0.1, -0.05) is 19.1 Å². The molecule has 0 amide bonds. The zero-order chi connectivity index (χ0) is 16.7. The molecule has 0 atom stereocenters. The van der Waals surface area contributed by atoms with Crippen molar-refractivity contribution in [2.24, 2.45) is 5.92 Å². The summed E-state index contributed by atoms with van der Waals surface area (Å²) in [6, 6.07) is 6.41. The van der Waals surface area contributed by atoms with E-state index in [0.717, 1.165) is 41.5 Å². The molecule has 0 bridgehead atoms. The van der Waals surface area contributed by atoms with E-state index in [1.54, 1.807) is 6.33 Å². The molecule has 4 rings (SSSR count). The number of nitrogens with zero attached hydrogens (tertiary/aromatic N) is 5. The van der Waals surface area contributed by atoms with Crippen LogP contribution in [0.25, 0.3) is 16.7 Å². The Balaban J connectivity index is 1.81. The molecule has 0 spiro atoms. The van der Waals surface area contributed by atoms with Gasteiger partial charge in [0, 0.05) is 13.1 Å². The Morgan fingerprint density at radius 1 is 1.08 bits per heavy atom. The van der Waals surface area contributed by atoms with Crippen molar-refractivity contribution >= 4 is 16.9 Å². The zero-order valence-electron chi connectivity index (χ0n) is 14.5. The third-order valence-electron chi connectivity index (χ3n) is 5.02. The van der Waals surface area contributed by atoms with Crippen molar-refractivity contribution < 1.29 is 0 Å². The molecule has 0 N–H and O–H groups in total. The topological polar surface area (TPSA) is 46.8 Å². The Hall–Kier alpha value is -2.43. The minimum absolute atomic E-state index is 0.802. The maximum absolute atomic E-state index is 4.63. The number of hydrogen-bond acceptors (Lipinski definition) is 4. The Labute approximate surface area is 142 Å². The van der Waals surface area contributed by atoms with Gasteiger partial charge in [-0.25, -0.2) is 14.6 Å². The predicted octanol–water partition coefficient (Wildman–Crippen LogP) is 3.67. The highest BCUT2D eigenvalue weighted by Crippen LogP contribution is 2.28. The minimum atomic E-state index is 0.802. The van der Waals surface area contributed by atoms with Crippen LogP contribution in [0, 0.1) is 19.8 Å². The molecule has 1 fully saturated rings. The highest BCUT2D eigenvalue weighted by Gasteiger charge is 2.21. The molecular formula is C19H23N5. The summed E-state index contributed by atoms with van der Waals surface area (Å²) in [4.78, 5) is 11.5. The lowest BCUT2D eigenvalue weighted by atomic mass is 9.99. The number of aromatic nitrogens is 4. The van der Waals surface area contributed by atoms with Gasteiger partial charge in [0.15, 0.2) is 5.65 Å². The number of piperidine rings is 1. The van der Waals surface area contributed by atoms with Gasteiger partial charge in [-0.2, -0.15) is 5.10 Å². The molecule has 5 nitrogen and oxygen atoms in total. The summed E-state index contributed by atoms with van der Waals surface area (Å²) in [7, 11) is 0. The number of benzene rings is 1. The molecule has 1 aliphatic heterocycles. The van der Waals surface area contributed by atoms with Crippen LogP contribution >= 0.6 is 0 Å². The first-order valence-electron chi connectivity index (χ1n) is 8.65. The molecule has 24 heavy (non-hydrogen) atoms. The van der Waals surface area contributed by atoms with Gasteiger partial charge in [0.25, 0.3) is 0 Å². The van der Waals surface area contributed by atoms with Crippen molar-refractivity contribution in [2.45, 2.75) is 33.6 Å². The molecule has 1 aliphatic rings. The van der Waals surface area contributed by atoms with Crippen molar-refractivity contribution in [3.05, 3.63) is 41.9 Å².